The van der Waals surface area contributed by atoms with Crippen LogP contribution in [0.15, 0.2) is 58.3 Å². The molecule has 10 rings (SSSR count). The van der Waals surface area contributed by atoms with E-state index in [1.54, 1.807) is 0 Å². The summed E-state index contributed by atoms with van der Waals surface area (Å²) in [5.74, 6) is 3.32. The largest absolute Gasteiger partial charge is 0.372 e. The van der Waals surface area contributed by atoms with Crippen molar-refractivity contribution in [2.75, 3.05) is 60.6 Å². The van der Waals surface area contributed by atoms with Crippen molar-refractivity contribution in [2.45, 2.75) is 86.5 Å². The van der Waals surface area contributed by atoms with Crippen LogP contribution in [0.25, 0.3) is 22.3 Å². The van der Waals surface area contributed by atoms with E-state index in [-0.39, 0.29) is 0 Å². The van der Waals surface area contributed by atoms with Gasteiger partial charge in [0.15, 0.2) is 0 Å². The quantitative estimate of drug-likeness (QED) is 0.202. The molecule has 9 heteroatoms. The maximum absolute atomic E-state index is 7.31. The fraction of sp³-hybridized carbons (Fsp3) is 0.455. The Morgan fingerprint density at radius 2 is 1.13 bits per heavy atom. The molecule has 6 aliphatic rings. The van der Waals surface area contributed by atoms with Crippen LogP contribution in [0.4, 0.5) is 11.4 Å². The highest BCUT2D eigenvalue weighted by Gasteiger charge is 2.44. The van der Waals surface area contributed by atoms with E-state index in [0.717, 1.165) is 60.8 Å². The molecule has 0 radical (unpaired) electrons. The van der Waals surface area contributed by atoms with Gasteiger partial charge in [-0.1, -0.05) is 59.6 Å². The third-order valence-electron chi connectivity index (χ3n) is 12.8. The Labute approximate surface area is 332 Å². The molecule has 6 heterocycles. The van der Waals surface area contributed by atoms with Crippen molar-refractivity contribution in [3.8, 4) is 22.3 Å². The number of hydrogen-bond acceptors (Lipinski definition) is 7. The summed E-state index contributed by atoms with van der Waals surface area (Å²) >= 11 is 18.5. The van der Waals surface area contributed by atoms with Crippen LogP contribution < -0.4 is 20.4 Å². The SMILES string of the molecule is Cc1cc(COCc2ccc(-c3cc4c5c(c3Cl)SCCCN5[C@H]3CCNC[C@@H]43)c(C)c2)ccc1-c1cc2c3c(c1Cl)SCCCN3[C@H]1CCNC[C@@H]21. The number of piperidine rings is 2. The van der Waals surface area contributed by atoms with Crippen molar-refractivity contribution in [1.29, 1.82) is 0 Å². The Morgan fingerprint density at radius 1 is 0.660 bits per heavy atom. The Bertz CT molecular complexity index is 1960. The zero-order chi connectivity index (χ0) is 35.8. The molecule has 2 N–H and O–H groups in total. The molecule has 2 fully saturated rings. The molecular weight excluding hydrogens is 736 g/mol. The first-order valence-electron chi connectivity index (χ1n) is 19.7. The number of benzene rings is 4. The van der Waals surface area contributed by atoms with E-state index in [1.165, 1.54) is 102 Å². The molecule has 2 saturated heterocycles. The normalized spacial score (nSPS) is 24.3. The Kier molecular flexibility index (Phi) is 9.46. The average Bonchev–Trinajstić information content (AvgIpc) is 3.39. The molecule has 4 aromatic carbocycles. The molecule has 6 aliphatic heterocycles. The van der Waals surface area contributed by atoms with Crippen molar-refractivity contribution in [2.24, 2.45) is 0 Å². The van der Waals surface area contributed by atoms with Crippen molar-refractivity contribution in [1.82, 2.24) is 10.6 Å². The van der Waals surface area contributed by atoms with E-state index >= 15 is 0 Å². The zero-order valence-corrected chi connectivity index (χ0v) is 33.8. The molecule has 0 unspecified atom stereocenters. The monoisotopic (exact) mass is 782 g/mol. The van der Waals surface area contributed by atoms with E-state index in [4.69, 9.17) is 27.9 Å². The first-order valence-corrected chi connectivity index (χ1v) is 22.4. The van der Waals surface area contributed by atoms with Crippen molar-refractivity contribution in [3.05, 3.63) is 92.0 Å². The van der Waals surface area contributed by atoms with Crippen LogP contribution in [-0.2, 0) is 18.0 Å². The summed E-state index contributed by atoms with van der Waals surface area (Å²) in [7, 11) is 0. The van der Waals surface area contributed by atoms with Crippen LogP contribution in [0.2, 0.25) is 10.0 Å². The Balaban J connectivity index is 0.865. The van der Waals surface area contributed by atoms with Gasteiger partial charge in [0.1, 0.15) is 0 Å². The van der Waals surface area contributed by atoms with E-state index in [1.807, 2.05) is 23.5 Å². The van der Waals surface area contributed by atoms with Crippen LogP contribution in [0, 0.1) is 13.8 Å². The van der Waals surface area contributed by atoms with Crippen LogP contribution in [0.5, 0.6) is 0 Å². The summed E-state index contributed by atoms with van der Waals surface area (Å²) in [6, 6.07) is 19.6. The molecule has 0 spiro atoms. The molecule has 0 aliphatic carbocycles. The first-order chi connectivity index (χ1) is 26.0. The number of fused-ring (bicyclic) bond motifs is 6. The van der Waals surface area contributed by atoms with E-state index in [2.05, 4.69) is 82.8 Å². The topological polar surface area (TPSA) is 39.8 Å². The summed E-state index contributed by atoms with van der Waals surface area (Å²) in [6.07, 6.45) is 4.82. The third-order valence-corrected chi connectivity index (χ3v) is 16.2. The minimum absolute atomic E-state index is 0.534. The van der Waals surface area contributed by atoms with Gasteiger partial charge >= 0.3 is 0 Å². The van der Waals surface area contributed by atoms with Crippen LogP contribution in [0.3, 0.4) is 0 Å². The van der Waals surface area contributed by atoms with Gasteiger partial charge in [-0.25, -0.2) is 0 Å². The summed E-state index contributed by atoms with van der Waals surface area (Å²) in [4.78, 5) is 7.98. The van der Waals surface area contributed by atoms with Crippen molar-refractivity contribution in [3.63, 3.8) is 0 Å². The van der Waals surface area contributed by atoms with Gasteiger partial charge in [-0.2, -0.15) is 0 Å². The third kappa shape index (κ3) is 5.95. The molecule has 53 heavy (non-hydrogen) atoms. The van der Waals surface area contributed by atoms with Gasteiger partial charge in [-0.05, 0) is 121 Å². The van der Waals surface area contributed by atoms with E-state index in [9.17, 15) is 0 Å². The van der Waals surface area contributed by atoms with Gasteiger partial charge in [0, 0.05) is 61.2 Å². The fourth-order valence-electron chi connectivity index (χ4n) is 10.4. The number of rotatable bonds is 6. The van der Waals surface area contributed by atoms with Crippen molar-refractivity contribution < 1.29 is 4.74 Å². The lowest BCUT2D eigenvalue weighted by Crippen LogP contribution is -2.44. The molecule has 0 amide bonds. The molecule has 276 valence electrons. The number of ether oxygens (including phenoxy) is 1. The lowest BCUT2D eigenvalue weighted by atomic mass is 9.88. The van der Waals surface area contributed by atoms with Gasteiger partial charge in [-0.3, -0.25) is 0 Å². The zero-order valence-electron chi connectivity index (χ0n) is 30.7. The van der Waals surface area contributed by atoms with E-state index in [0.29, 0.717) is 37.1 Å². The van der Waals surface area contributed by atoms with Crippen LogP contribution >= 0.6 is 46.7 Å². The van der Waals surface area contributed by atoms with Crippen LogP contribution in [-0.4, -0.2) is 62.9 Å². The summed E-state index contributed by atoms with van der Waals surface area (Å²) in [5, 5.41) is 9.19. The number of nitrogens with one attached hydrogen (secondary N) is 2. The Hall–Kier alpha value is -2.36. The highest BCUT2D eigenvalue weighted by molar-refractivity contribution is 7.99. The number of hydrogen-bond donors (Lipinski definition) is 2. The smallest absolute Gasteiger partial charge is 0.0721 e. The molecule has 0 saturated carbocycles. The molecule has 4 aromatic rings. The minimum Gasteiger partial charge on any atom is -0.372 e. The van der Waals surface area contributed by atoms with Gasteiger partial charge < -0.3 is 25.2 Å². The molecular formula is C44H48Cl2N4OS2. The summed E-state index contributed by atoms with van der Waals surface area (Å²) in [5.41, 5.74) is 15.5. The predicted octanol–water partition coefficient (Wildman–Crippen LogP) is 10.2. The average molecular weight is 784 g/mol. The lowest BCUT2D eigenvalue weighted by Gasteiger charge is -2.33. The Morgan fingerprint density at radius 3 is 1.58 bits per heavy atom. The molecule has 0 aromatic heterocycles. The van der Waals surface area contributed by atoms with Gasteiger partial charge in [-0.15, -0.1) is 23.5 Å². The minimum atomic E-state index is 0.534. The standard InChI is InChI=1S/C44H48Cl2N4OS2/c1-25-17-27(5-7-29(25)31-19-33-35-21-47-11-9-37(35)49-13-3-15-52-43(39(31)45)41(33)49)23-51-24-28-6-8-30(26(2)18-28)32-20-34-36-22-48-12-10-38(36)50-14-4-16-53-44(40(32)46)42(34)50/h5-8,17-20,35-38,47-48H,3-4,9-16,21-24H2,1-2H3/t35-,36-,37-,38-/m0/s1. The van der Waals surface area contributed by atoms with Gasteiger partial charge in [0.25, 0.3) is 0 Å². The van der Waals surface area contributed by atoms with Crippen molar-refractivity contribution >= 4 is 58.1 Å². The fourth-order valence-corrected chi connectivity index (χ4v) is 13.4. The van der Waals surface area contributed by atoms with Gasteiger partial charge in [0.2, 0.25) is 0 Å². The predicted molar refractivity (Wildman–Crippen MR) is 225 cm³/mol. The summed E-state index contributed by atoms with van der Waals surface area (Å²) in [6.45, 7) is 12.2. The first kappa shape index (κ1) is 35.1. The number of aryl methyl sites for hydroxylation is 2. The second-order valence-electron chi connectivity index (χ2n) is 15.9. The van der Waals surface area contributed by atoms with E-state index < -0.39 is 0 Å². The number of nitrogens with zero attached hydrogens (tertiary/aromatic N) is 2. The molecule has 4 atom stereocenters. The number of thioether (sulfide) groups is 2. The number of halogens is 2. The second-order valence-corrected chi connectivity index (χ2v) is 18.9. The number of anilines is 2. The maximum atomic E-state index is 7.31. The van der Waals surface area contributed by atoms with Crippen LogP contribution in [0.1, 0.15) is 70.9 Å². The lowest BCUT2D eigenvalue weighted by molar-refractivity contribution is 0.107. The van der Waals surface area contributed by atoms with Gasteiger partial charge in [0.05, 0.1) is 44.4 Å². The highest BCUT2D eigenvalue weighted by atomic mass is 35.5. The molecule has 0 bridgehead atoms. The highest BCUT2D eigenvalue weighted by Crippen LogP contribution is 2.56. The second kappa shape index (κ2) is 14.3. The maximum Gasteiger partial charge on any atom is 0.0721 e. The molecule has 5 nitrogen and oxygen atoms in total. The summed E-state index contributed by atoms with van der Waals surface area (Å²) < 4.78 is 6.35.